The fourth-order valence-electron chi connectivity index (χ4n) is 3.16. The number of piperidine rings is 1. The summed E-state index contributed by atoms with van der Waals surface area (Å²) >= 11 is 0. The first-order valence-electron chi connectivity index (χ1n) is 7.44. The van der Waals surface area contributed by atoms with Crippen molar-refractivity contribution in [3.63, 3.8) is 0 Å². The summed E-state index contributed by atoms with van der Waals surface area (Å²) in [6, 6.07) is 22.1. The van der Waals surface area contributed by atoms with Crippen LogP contribution in [0.2, 0.25) is 0 Å². The van der Waals surface area contributed by atoms with Gasteiger partial charge in [0.05, 0.1) is 6.04 Å². The topological polar surface area (TPSA) is 29.3 Å². The van der Waals surface area contributed by atoms with Crippen LogP contribution < -0.4 is 5.73 Å². The van der Waals surface area contributed by atoms with Crippen LogP contribution >= 0.6 is 0 Å². The molecule has 2 aromatic rings. The number of hydrogen-bond donors (Lipinski definition) is 1. The second kappa shape index (κ2) is 6.21. The highest BCUT2D eigenvalue weighted by Crippen LogP contribution is 2.30. The molecule has 0 aliphatic carbocycles. The Morgan fingerprint density at radius 2 is 1.45 bits per heavy atom. The molecule has 1 saturated heterocycles. The first-order valence-corrected chi connectivity index (χ1v) is 7.44. The van der Waals surface area contributed by atoms with Gasteiger partial charge in [-0.3, -0.25) is 4.90 Å². The van der Waals surface area contributed by atoms with Crippen molar-refractivity contribution in [3.8, 4) is 0 Å². The number of rotatable bonds is 3. The number of benzene rings is 2. The molecule has 0 bridgehead atoms. The van der Waals surface area contributed by atoms with E-state index in [4.69, 9.17) is 5.73 Å². The predicted octanol–water partition coefficient (Wildman–Crippen LogP) is 3.20. The Morgan fingerprint density at radius 3 is 1.95 bits per heavy atom. The van der Waals surface area contributed by atoms with Crippen LogP contribution in [0.15, 0.2) is 60.7 Å². The van der Waals surface area contributed by atoms with Gasteiger partial charge in [-0.05, 0) is 30.5 Å². The van der Waals surface area contributed by atoms with Crippen molar-refractivity contribution in [1.82, 2.24) is 4.90 Å². The zero-order chi connectivity index (χ0) is 13.8. The molecule has 1 fully saturated rings. The highest BCUT2D eigenvalue weighted by atomic mass is 15.2. The van der Waals surface area contributed by atoms with Crippen LogP contribution in [0, 0.1) is 0 Å². The first kappa shape index (κ1) is 13.3. The van der Waals surface area contributed by atoms with E-state index in [1.54, 1.807) is 0 Å². The Balaban J connectivity index is 1.95. The van der Waals surface area contributed by atoms with E-state index >= 15 is 0 Å². The predicted molar refractivity (Wildman–Crippen MR) is 83.5 cm³/mol. The molecule has 0 spiro atoms. The number of likely N-dealkylation sites (tertiary alicyclic amines) is 1. The van der Waals surface area contributed by atoms with Crippen molar-refractivity contribution in [2.45, 2.75) is 24.9 Å². The van der Waals surface area contributed by atoms with E-state index < -0.39 is 0 Å². The molecule has 0 aromatic heterocycles. The van der Waals surface area contributed by atoms with Gasteiger partial charge in [0.15, 0.2) is 0 Å². The summed E-state index contributed by atoms with van der Waals surface area (Å²) in [5.41, 5.74) is 8.89. The Labute approximate surface area is 121 Å². The Morgan fingerprint density at radius 1 is 0.900 bits per heavy atom. The van der Waals surface area contributed by atoms with Gasteiger partial charge in [0.2, 0.25) is 0 Å². The lowest BCUT2D eigenvalue weighted by Crippen LogP contribution is -2.44. The van der Waals surface area contributed by atoms with E-state index in [0.717, 1.165) is 19.5 Å². The molecule has 2 N–H and O–H groups in total. The van der Waals surface area contributed by atoms with Crippen molar-refractivity contribution in [3.05, 3.63) is 71.8 Å². The van der Waals surface area contributed by atoms with E-state index in [9.17, 15) is 0 Å². The van der Waals surface area contributed by atoms with E-state index in [0.29, 0.717) is 12.1 Å². The SMILES string of the molecule is N[C@H]1CCCN(C(c2ccccc2)c2ccccc2)C1. The van der Waals surface area contributed by atoms with Crippen molar-refractivity contribution in [1.29, 1.82) is 0 Å². The van der Waals surface area contributed by atoms with Gasteiger partial charge in [-0.15, -0.1) is 0 Å². The van der Waals surface area contributed by atoms with Crippen LogP contribution in [0.4, 0.5) is 0 Å². The van der Waals surface area contributed by atoms with Crippen molar-refractivity contribution in [2.75, 3.05) is 13.1 Å². The summed E-state index contributed by atoms with van der Waals surface area (Å²) in [6.07, 6.45) is 2.34. The fourth-order valence-corrected chi connectivity index (χ4v) is 3.16. The summed E-state index contributed by atoms with van der Waals surface area (Å²) in [5, 5.41) is 0. The molecule has 1 aliphatic rings. The molecule has 1 aliphatic heterocycles. The lowest BCUT2D eigenvalue weighted by Gasteiger charge is -2.37. The average Bonchev–Trinajstić information content (AvgIpc) is 2.50. The number of nitrogens with two attached hydrogens (primary N) is 1. The van der Waals surface area contributed by atoms with Crippen molar-refractivity contribution >= 4 is 0 Å². The third-order valence-electron chi connectivity index (χ3n) is 4.09. The van der Waals surface area contributed by atoms with Gasteiger partial charge >= 0.3 is 0 Å². The largest absolute Gasteiger partial charge is 0.327 e. The van der Waals surface area contributed by atoms with Gasteiger partial charge in [-0.2, -0.15) is 0 Å². The number of hydrogen-bond acceptors (Lipinski definition) is 2. The van der Waals surface area contributed by atoms with Crippen molar-refractivity contribution < 1.29 is 0 Å². The number of nitrogens with zero attached hydrogens (tertiary/aromatic N) is 1. The smallest absolute Gasteiger partial charge is 0.0602 e. The standard InChI is InChI=1S/C18H22N2/c19-17-12-7-13-20(14-17)18(15-8-3-1-4-9-15)16-10-5-2-6-11-16/h1-6,8-11,17-18H,7,12-14,19H2/t17-/m0/s1. The van der Waals surface area contributed by atoms with E-state index in [-0.39, 0.29) is 0 Å². The molecule has 0 radical (unpaired) electrons. The van der Waals surface area contributed by atoms with E-state index in [1.165, 1.54) is 17.5 Å². The maximum absolute atomic E-state index is 6.18. The van der Waals surface area contributed by atoms with Gasteiger partial charge < -0.3 is 5.73 Å². The van der Waals surface area contributed by atoms with E-state index in [1.807, 2.05) is 0 Å². The third-order valence-corrected chi connectivity index (χ3v) is 4.09. The zero-order valence-corrected chi connectivity index (χ0v) is 11.8. The van der Waals surface area contributed by atoms with Crippen LogP contribution in [0.5, 0.6) is 0 Å². The van der Waals surface area contributed by atoms with Crippen molar-refractivity contribution in [2.24, 2.45) is 5.73 Å². The minimum atomic E-state index is 0.304. The monoisotopic (exact) mass is 266 g/mol. The summed E-state index contributed by atoms with van der Waals surface area (Å²) in [5.74, 6) is 0. The molecule has 1 atom stereocenters. The quantitative estimate of drug-likeness (QED) is 0.924. The van der Waals surface area contributed by atoms with Crippen LogP contribution in [0.3, 0.4) is 0 Å². The van der Waals surface area contributed by atoms with Crippen LogP contribution in [-0.2, 0) is 0 Å². The van der Waals surface area contributed by atoms with Crippen LogP contribution in [0.1, 0.15) is 30.0 Å². The van der Waals surface area contributed by atoms with Gasteiger partial charge in [0.1, 0.15) is 0 Å². The van der Waals surface area contributed by atoms with Crippen LogP contribution in [0.25, 0.3) is 0 Å². The maximum atomic E-state index is 6.18. The van der Waals surface area contributed by atoms with Gasteiger partial charge in [-0.25, -0.2) is 0 Å². The maximum Gasteiger partial charge on any atom is 0.0602 e. The molecular formula is C18H22N2. The molecular weight excluding hydrogens is 244 g/mol. The van der Waals surface area contributed by atoms with Crippen LogP contribution in [-0.4, -0.2) is 24.0 Å². The molecule has 2 nitrogen and oxygen atoms in total. The Hall–Kier alpha value is -1.64. The molecule has 0 saturated carbocycles. The Bertz CT molecular complexity index is 484. The molecule has 20 heavy (non-hydrogen) atoms. The normalized spacial score (nSPS) is 20.2. The summed E-state index contributed by atoms with van der Waals surface area (Å²) in [4.78, 5) is 2.53. The first-order chi connectivity index (χ1) is 9.84. The van der Waals surface area contributed by atoms with E-state index in [2.05, 4.69) is 65.6 Å². The molecule has 0 amide bonds. The highest BCUT2D eigenvalue weighted by Gasteiger charge is 2.26. The molecule has 1 heterocycles. The summed E-state index contributed by atoms with van der Waals surface area (Å²) in [6.45, 7) is 2.11. The van der Waals surface area contributed by atoms with Gasteiger partial charge in [-0.1, -0.05) is 60.7 Å². The minimum absolute atomic E-state index is 0.304. The van der Waals surface area contributed by atoms with Gasteiger partial charge in [0.25, 0.3) is 0 Å². The minimum Gasteiger partial charge on any atom is -0.327 e. The molecule has 0 unspecified atom stereocenters. The Kier molecular flexibility index (Phi) is 4.14. The second-order valence-corrected chi connectivity index (χ2v) is 5.62. The molecule has 3 rings (SSSR count). The zero-order valence-electron chi connectivity index (χ0n) is 11.8. The lowest BCUT2D eigenvalue weighted by molar-refractivity contribution is 0.171. The molecule has 104 valence electrons. The third kappa shape index (κ3) is 2.92. The summed E-state index contributed by atoms with van der Waals surface area (Å²) in [7, 11) is 0. The second-order valence-electron chi connectivity index (χ2n) is 5.62. The van der Waals surface area contributed by atoms with Gasteiger partial charge in [0, 0.05) is 12.6 Å². The molecule has 2 aromatic carbocycles. The fraction of sp³-hybridized carbons (Fsp3) is 0.333. The lowest BCUT2D eigenvalue weighted by atomic mass is 9.94. The molecule has 2 heteroatoms. The summed E-state index contributed by atoms with van der Waals surface area (Å²) < 4.78 is 0. The highest BCUT2D eigenvalue weighted by molar-refractivity contribution is 5.31. The average molecular weight is 266 g/mol.